The molecule has 0 radical (unpaired) electrons. The van der Waals surface area contributed by atoms with Gasteiger partial charge in [0.2, 0.25) is 0 Å². The molecule has 13 heavy (non-hydrogen) atoms. The number of aliphatic hydroxyl groups is 1. The summed E-state index contributed by atoms with van der Waals surface area (Å²) >= 11 is 0. The van der Waals surface area contributed by atoms with Gasteiger partial charge in [-0.2, -0.15) is 0 Å². The molecule has 0 aromatic rings. The number of carbonyl (C=O) groups is 1. The molecule has 0 aliphatic rings. The van der Waals surface area contributed by atoms with Crippen molar-refractivity contribution < 1.29 is 15.0 Å². The van der Waals surface area contributed by atoms with Gasteiger partial charge in [0.25, 0.3) is 0 Å². The fraction of sp³-hybridized carbons (Fsp3) is 0.667. The maximum Gasteiger partial charge on any atom is 0.317 e. The molecule has 0 saturated carbocycles. The van der Waals surface area contributed by atoms with Crippen molar-refractivity contribution in [3.63, 3.8) is 0 Å². The molecule has 4 nitrogen and oxygen atoms in total. The molecule has 0 rings (SSSR count). The minimum Gasteiger partial charge on any atom is -0.480 e. The summed E-state index contributed by atoms with van der Waals surface area (Å²) in [4.78, 5) is 12.1. The lowest BCUT2D eigenvalue weighted by Gasteiger charge is -2.21. The van der Waals surface area contributed by atoms with Crippen molar-refractivity contribution in [1.82, 2.24) is 4.90 Å². The molecule has 0 heterocycles. The Morgan fingerprint density at radius 2 is 2.31 bits per heavy atom. The average molecular weight is 187 g/mol. The van der Waals surface area contributed by atoms with Crippen molar-refractivity contribution in [3.8, 4) is 0 Å². The predicted molar refractivity (Wildman–Crippen MR) is 50.5 cm³/mol. The van der Waals surface area contributed by atoms with Crippen molar-refractivity contribution in [2.24, 2.45) is 5.92 Å². The number of aliphatic hydroxyl groups excluding tert-OH is 1. The molecule has 0 fully saturated rings. The molecule has 0 spiro atoms. The third-order valence-electron chi connectivity index (χ3n) is 1.63. The second-order valence-corrected chi connectivity index (χ2v) is 3.16. The zero-order valence-electron chi connectivity index (χ0n) is 7.94. The minimum absolute atomic E-state index is 0.00361. The van der Waals surface area contributed by atoms with E-state index < -0.39 is 5.97 Å². The second kappa shape index (κ2) is 6.62. The molecular weight excluding hydrogens is 170 g/mol. The van der Waals surface area contributed by atoms with Crippen LogP contribution in [0.25, 0.3) is 0 Å². The lowest BCUT2D eigenvalue weighted by atomic mass is 10.2. The molecule has 1 unspecified atom stereocenters. The highest BCUT2D eigenvalue weighted by atomic mass is 16.4. The third-order valence-corrected chi connectivity index (χ3v) is 1.63. The summed E-state index contributed by atoms with van der Waals surface area (Å²) in [5.74, 6) is -0.758. The largest absolute Gasteiger partial charge is 0.480 e. The zero-order chi connectivity index (χ0) is 10.3. The van der Waals surface area contributed by atoms with E-state index in [1.54, 1.807) is 11.0 Å². The first-order valence-corrected chi connectivity index (χ1v) is 4.26. The highest BCUT2D eigenvalue weighted by Gasteiger charge is 2.11. The van der Waals surface area contributed by atoms with E-state index in [9.17, 15) is 4.79 Å². The van der Waals surface area contributed by atoms with Crippen molar-refractivity contribution in [2.75, 3.05) is 26.2 Å². The van der Waals surface area contributed by atoms with Gasteiger partial charge in [-0.15, -0.1) is 6.58 Å². The quantitative estimate of drug-likeness (QED) is 0.558. The average Bonchev–Trinajstić information content (AvgIpc) is 2.03. The maximum atomic E-state index is 10.4. The molecule has 2 N–H and O–H groups in total. The monoisotopic (exact) mass is 187 g/mol. The van der Waals surface area contributed by atoms with E-state index in [0.29, 0.717) is 13.1 Å². The van der Waals surface area contributed by atoms with Gasteiger partial charge in [-0.1, -0.05) is 13.0 Å². The third kappa shape index (κ3) is 6.31. The minimum atomic E-state index is -0.855. The summed E-state index contributed by atoms with van der Waals surface area (Å²) in [7, 11) is 0. The molecule has 0 aromatic carbocycles. The number of hydrogen-bond donors (Lipinski definition) is 2. The molecule has 1 atom stereocenters. The van der Waals surface area contributed by atoms with Gasteiger partial charge >= 0.3 is 5.97 Å². The van der Waals surface area contributed by atoms with E-state index in [1.807, 2.05) is 6.92 Å². The summed E-state index contributed by atoms with van der Waals surface area (Å²) in [6.07, 6.45) is 1.66. The Hall–Kier alpha value is -0.870. The van der Waals surface area contributed by atoms with E-state index >= 15 is 0 Å². The topological polar surface area (TPSA) is 60.8 Å². The zero-order valence-corrected chi connectivity index (χ0v) is 7.94. The molecule has 0 aromatic heterocycles. The summed E-state index contributed by atoms with van der Waals surface area (Å²) in [5.41, 5.74) is 0. The Balaban J connectivity index is 3.92. The Kier molecular flexibility index (Phi) is 6.18. The van der Waals surface area contributed by atoms with Crippen LogP contribution < -0.4 is 0 Å². The Morgan fingerprint density at radius 3 is 2.69 bits per heavy atom. The smallest absolute Gasteiger partial charge is 0.317 e. The van der Waals surface area contributed by atoms with Gasteiger partial charge in [-0.05, 0) is 5.92 Å². The lowest BCUT2D eigenvalue weighted by Crippen LogP contribution is -2.34. The number of carboxylic acids is 1. The van der Waals surface area contributed by atoms with Crippen LogP contribution >= 0.6 is 0 Å². The molecule has 4 heteroatoms. The van der Waals surface area contributed by atoms with E-state index in [0.717, 1.165) is 0 Å². The van der Waals surface area contributed by atoms with Crippen LogP contribution in [-0.4, -0.2) is 47.3 Å². The van der Waals surface area contributed by atoms with Gasteiger partial charge in [0.05, 0.1) is 6.54 Å². The van der Waals surface area contributed by atoms with Crippen molar-refractivity contribution >= 4 is 5.97 Å². The van der Waals surface area contributed by atoms with Crippen LogP contribution in [0.5, 0.6) is 0 Å². The first-order chi connectivity index (χ1) is 6.10. The first kappa shape index (κ1) is 12.1. The molecule has 0 bridgehead atoms. The van der Waals surface area contributed by atoms with Crippen LogP contribution in [0.15, 0.2) is 12.7 Å². The normalized spacial score (nSPS) is 12.8. The summed E-state index contributed by atoms with van der Waals surface area (Å²) in [6.45, 7) is 6.61. The number of nitrogens with zero attached hydrogens (tertiary/aromatic N) is 1. The molecule has 0 aliphatic heterocycles. The van der Waals surface area contributed by atoms with Crippen molar-refractivity contribution in [2.45, 2.75) is 6.92 Å². The van der Waals surface area contributed by atoms with Gasteiger partial charge in [0.1, 0.15) is 0 Å². The summed E-state index contributed by atoms with van der Waals surface area (Å²) < 4.78 is 0. The van der Waals surface area contributed by atoms with Crippen LogP contribution in [0.3, 0.4) is 0 Å². The van der Waals surface area contributed by atoms with E-state index in [-0.39, 0.29) is 19.1 Å². The Labute approximate surface area is 78.5 Å². The predicted octanol–water partition coefficient (Wildman–Crippen LogP) is 0.187. The van der Waals surface area contributed by atoms with E-state index in [2.05, 4.69) is 6.58 Å². The fourth-order valence-corrected chi connectivity index (χ4v) is 1.08. The second-order valence-electron chi connectivity index (χ2n) is 3.16. The Bertz CT molecular complexity index is 170. The van der Waals surface area contributed by atoms with Gasteiger partial charge in [-0.3, -0.25) is 9.69 Å². The van der Waals surface area contributed by atoms with Crippen LogP contribution in [0.2, 0.25) is 0 Å². The summed E-state index contributed by atoms with van der Waals surface area (Å²) in [5, 5.41) is 17.3. The number of hydrogen-bond acceptors (Lipinski definition) is 3. The van der Waals surface area contributed by atoms with Crippen LogP contribution in [0, 0.1) is 5.92 Å². The van der Waals surface area contributed by atoms with Gasteiger partial charge in [-0.25, -0.2) is 0 Å². The summed E-state index contributed by atoms with van der Waals surface area (Å²) in [6, 6.07) is 0. The molecule has 76 valence electrons. The Morgan fingerprint density at radius 1 is 1.69 bits per heavy atom. The van der Waals surface area contributed by atoms with Crippen LogP contribution in [-0.2, 0) is 4.79 Å². The highest BCUT2D eigenvalue weighted by molar-refractivity contribution is 5.69. The number of carboxylic acid groups (broad SMARTS) is 1. The molecule has 0 saturated heterocycles. The SMILES string of the molecule is C=CCN(CC(=O)O)CC(C)CO. The van der Waals surface area contributed by atoms with E-state index in [4.69, 9.17) is 10.2 Å². The molecule has 0 amide bonds. The number of rotatable bonds is 7. The van der Waals surface area contributed by atoms with Gasteiger partial charge in [0, 0.05) is 19.7 Å². The first-order valence-electron chi connectivity index (χ1n) is 4.26. The van der Waals surface area contributed by atoms with Crippen molar-refractivity contribution in [3.05, 3.63) is 12.7 Å². The van der Waals surface area contributed by atoms with E-state index in [1.165, 1.54) is 0 Å². The highest BCUT2D eigenvalue weighted by Crippen LogP contribution is 1.98. The number of aliphatic carboxylic acids is 1. The maximum absolute atomic E-state index is 10.4. The van der Waals surface area contributed by atoms with Crippen LogP contribution in [0.1, 0.15) is 6.92 Å². The molecule has 0 aliphatic carbocycles. The van der Waals surface area contributed by atoms with Crippen LogP contribution in [0.4, 0.5) is 0 Å². The van der Waals surface area contributed by atoms with Gasteiger partial charge in [0.15, 0.2) is 0 Å². The molecular formula is C9H17NO3. The lowest BCUT2D eigenvalue weighted by molar-refractivity contribution is -0.138. The fourth-order valence-electron chi connectivity index (χ4n) is 1.08. The van der Waals surface area contributed by atoms with Crippen molar-refractivity contribution in [1.29, 1.82) is 0 Å². The standard InChI is InChI=1S/C9H17NO3/c1-3-4-10(6-9(12)13)5-8(2)7-11/h3,8,11H,1,4-7H2,2H3,(H,12,13). The van der Waals surface area contributed by atoms with Gasteiger partial charge < -0.3 is 10.2 Å².